The van der Waals surface area contributed by atoms with Gasteiger partial charge >= 0.3 is 0 Å². The van der Waals surface area contributed by atoms with Crippen LogP contribution in [0.5, 0.6) is 0 Å². The molecule has 0 unspecified atom stereocenters. The summed E-state index contributed by atoms with van der Waals surface area (Å²) in [6.07, 6.45) is 3.77. The number of rotatable bonds is 2. The van der Waals surface area contributed by atoms with Crippen LogP contribution in [0.4, 0.5) is 0 Å². The predicted octanol–water partition coefficient (Wildman–Crippen LogP) is 2.44. The van der Waals surface area contributed by atoms with Gasteiger partial charge in [-0.15, -0.1) is 0 Å². The Labute approximate surface area is 86.8 Å². The van der Waals surface area contributed by atoms with Gasteiger partial charge in [0.15, 0.2) is 0 Å². The summed E-state index contributed by atoms with van der Waals surface area (Å²) in [5, 5.41) is 3.55. The average molecular weight is 195 g/mol. The van der Waals surface area contributed by atoms with E-state index in [1.807, 2.05) is 0 Å². The molecule has 0 atom stereocenters. The first kappa shape index (κ1) is 11.4. The van der Waals surface area contributed by atoms with Crippen molar-refractivity contribution in [1.29, 1.82) is 0 Å². The molecule has 1 aliphatic rings. The Bertz CT molecular complexity index is 274. The molecule has 1 N–H and O–H groups in total. The Morgan fingerprint density at radius 3 is 2.43 bits per heavy atom. The summed E-state index contributed by atoms with van der Waals surface area (Å²) in [5.74, 6) is 0.254. The van der Waals surface area contributed by atoms with Crippen LogP contribution in [0.1, 0.15) is 47.5 Å². The van der Waals surface area contributed by atoms with Crippen molar-refractivity contribution in [3.63, 3.8) is 0 Å². The van der Waals surface area contributed by atoms with Gasteiger partial charge in [0.05, 0.1) is 0 Å². The van der Waals surface area contributed by atoms with E-state index in [2.05, 4.69) is 39.1 Å². The minimum absolute atomic E-state index is 0.00648. The van der Waals surface area contributed by atoms with Crippen LogP contribution >= 0.6 is 0 Å². The standard InChI is InChI=1S/C12H21NO/c1-9(14)6-10-7-11(2,3)13-12(4,5)8-10/h7,13H,6,8H2,1-5H3. The van der Waals surface area contributed by atoms with Crippen LogP contribution in [0.2, 0.25) is 0 Å². The predicted molar refractivity (Wildman–Crippen MR) is 59.3 cm³/mol. The number of carbonyl (C=O) groups excluding carboxylic acids is 1. The van der Waals surface area contributed by atoms with E-state index in [4.69, 9.17) is 0 Å². The minimum atomic E-state index is 0.00648. The fourth-order valence-electron chi connectivity index (χ4n) is 2.51. The van der Waals surface area contributed by atoms with Crippen LogP contribution in [-0.2, 0) is 4.79 Å². The maximum Gasteiger partial charge on any atom is 0.133 e. The molecule has 80 valence electrons. The number of Topliss-reactive ketones (excluding diaryl/α,β-unsaturated/α-hetero) is 1. The zero-order valence-electron chi connectivity index (χ0n) is 9.90. The van der Waals surface area contributed by atoms with Gasteiger partial charge in [-0.3, -0.25) is 4.79 Å². The molecule has 0 saturated carbocycles. The van der Waals surface area contributed by atoms with Gasteiger partial charge in [0.2, 0.25) is 0 Å². The summed E-state index contributed by atoms with van der Waals surface area (Å²) in [4.78, 5) is 11.1. The molecule has 1 heterocycles. The van der Waals surface area contributed by atoms with Crippen molar-refractivity contribution in [3.8, 4) is 0 Å². The van der Waals surface area contributed by atoms with Gasteiger partial charge in [0.25, 0.3) is 0 Å². The van der Waals surface area contributed by atoms with Gasteiger partial charge in [-0.05, 0) is 41.0 Å². The van der Waals surface area contributed by atoms with Crippen LogP contribution < -0.4 is 5.32 Å². The number of carbonyl (C=O) groups is 1. The number of hydrogen-bond donors (Lipinski definition) is 1. The van der Waals surface area contributed by atoms with Crippen LogP contribution in [0.25, 0.3) is 0 Å². The highest BCUT2D eigenvalue weighted by atomic mass is 16.1. The molecule has 0 aromatic carbocycles. The Hall–Kier alpha value is -0.630. The summed E-state index contributed by atoms with van der Waals surface area (Å²) < 4.78 is 0. The third kappa shape index (κ3) is 3.26. The third-order valence-corrected chi connectivity index (χ3v) is 2.37. The summed E-state index contributed by atoms with van der Waals surface area (Å²) in [7, 11) is 0. The lowest BCUT2D eigenvalue weighted by Crippen LogP contribution is -2.54. The fourth-order valence-corrected chi connectivity index (χ4v) is 2.51. The first-order chi connectivity index (χ1) is 6.20. The normalized spacial score (nSPS) is 24.2. The molecule has 0 bridgehead atoms. The van der Waals surface area contributed by atoms with Crippen molar-refractivity contribution in [2.75, 3.05) is 0 Å². The third-order valence-electron chi connectivity index (χ3n) is 2.37. The first-order valence-electron chi connectivity index (χ1n) is 5.20. The zero-order valence-corrected chi connectivity index (χ0v) is 9.90. The van der Waals surface area contributed by atoms with E-state index in [1.54, 1.807) is 6.92 Å². The molecule has 1 aliphatic heterocycles. The Balaban J connectivity index is 2.85. The van der Waals surface area contributed by atoms with Crippen molar-refractivity contribution < 1.29 is 4.79 Å². The molecule has 1 rings (SSSR count). The molecule has 0 aromatic heterocycles. The molecule has 0 spiro atoms. The molecule has 2 nitrogen and oxygen atoms in total. The molecule has 0 saturated heterocycles. The molecule has 2 heteroatoms. The van der Waals surface area contributed by atoms with Gasteiger partial charge in [0, 0.05) is 17.5 Å². The Kier molecular flexibility index (Phi) is 2.86. The smallest absolute Gasteiger partial charge is 0.133 e. The van der Waals surface area contributed by atoms with E-state index in [-0.39, 0.29) is 16.9 Å². The van der Waals surface area contributed by atoms with E-state index in [0.29, 0.717) is 6.42 Å². The lowest BCUT2D eigenvalue weighted by molar-refractivity contribution is -0.116. The summed E-state index contributed by atoms with van der Waals surface area (Å²) in [6, 6.07) is 0. The average Bonchev–Trinajstić information content (AvgIpc) is 1.74. The van der Waals surface area contributed by atoms with Gasteiger partial charge in [-0.2, -0.15) is 0 Å². The Morgan fingerprint density at radius 2 is 2.00 bits per heavy atom. The second-order valence-electron chi connectivity index (χ2n) is 5.59. The quantitative estimate of drug-likeness (QED) is 0.686. The SMILES string of the molecule is CC(=O)CC1=CC(C)(C)NC(C)(C)C1. The number of hydrogen-bond acceptors (Lipinski definition) is 2. The second kappa shape index (κ2) is 3.50. The van der Waals surface area contributed by atoms with Crippen molar-refractivity contribution in [2.24, 2.45) is 0 Å². The van der Waals surface area contributed by atoms with Gasteiger partial charge in [-0.1, -0.05) is 11.6 Å². The highest BCUT2D eigenvalue weighted by molar-refractivity contribution is 5.78. The lowest BCUT2D eigenvalue weighted by atomic mass is 9.82. The van der Waals surface area contributed by atoms with Crippen molar-refractivity contribution in [2.45, 2.75) is 58.5 Å². The summed E-state index contributed by atoms with van der Waals surface area (Å²) in [5.41, 5.74) is 1.38. The summed E-state index contributed by atoms with van der Waals surface area (Å²) in [6.45, 7) is 10.3. The first-order valence-corrected chi connectivity index (χ1v) is 5.20. The molecule has 14 heavy (non-hydrogen) atoms. The minimum Gasteiger partial charge on any atom is -0.303 e. The van der Waals surface area contributed by atoms with Crippen LogP contribution in [0, 0.1) is 0 Å². The highest BCUT2D eigenvalue weighted by Gasteiger charge is 2.31. The van der Waals surface area contributed by atoms with Gasteiger partial charge < -0.3 is 5.32 Å². The molecule has 0 aliphatic carbocycles. The summed E-state index contributed by atoms with van der Waals surface area (Å²) >= 11 is 0. The van der Waals surface area contributed by atoms with Crippen LogP contribution in [0.15, 0.2) is 11.6 Å². The lowest BCUT2D eigenvalue weighted by Gasteiger charge is -2.41. The van der Waals surface area contributed by atoms with Crippen molar-refractivity contribution >= 4 is 5.78 Å². The largest absolute Gasteiger partial charge is 0.303 e. The molecule has 0 aromatic rings. The van der Waals surface area contributed by atoms with E-state index in [9.17, 15) is 4.79 Å². The van der Waals surface area contributed by atoms with E-state index in [1.165, 1.54) is 5.57 Å². The molecular formula is C12H21NO. The van der Waals surface area contributed by atoms with Crippen molar-refractivity contribution in [1.82, 2.24) is 5.32 Å². The zero-order chi connectivity index (χ0) is 11.0. The second-order valence-corrected chi connectivity index (χ2v) is 5.59. The fraction of sp³-hybridized carbons (Fsp3) is 0.750. The van der Waals surface area contributed by atoms with E-state index < -0.39 is 0 Å². The van der Waals surface area contributed by atoms with E-state index in [0.717, 1.165) is 6.42 Å². The number of nitrogens with one attached hydrogen (secondary N) is 1. The monoisotopic (exact) mass is 195 g/mol. The molecule has 0 radical (unpaired) electrons. The van der Waals surface area contributed by atoms with Crippen LogP contribution in [0.3, 0.4) is 0 Å². The number of ketones is 1. The van der Waals surface area contributed by atoms with E-state index >= 15 is 0 Å². The highest BCUT2D eigenvalue weighted by Crippen LogP contribution is 2.29. The Morgan fingerprint density at radius 1 is 1.43 bits per heavy atom. The van der Waals surface area contributed by atoms with Gasteiger partial charge in [0.1, 0.15) is 5.78 Å². The van der Waals surface area contributed by atoms with Crippen LogP contribution in [-0.4, -0.2) is 16.9 Å². The van der Waals surface area contributed by atoms with Crippen molar-refractivity contribution in [3.05, 3.63) is 11.6 Å². The molecule has 0 amide bonds. The van der Waals surface area contributed by atoms with Gasteiger partial charge in [-0.25, -0.2) is 0 Å². The topological polar surface area (TPSA) is 29.1 Å². The maximum atomic E-state index is 11.1. The molecular weight excluding hydrogens is 174 g/mol. The maximum absolute atomic E-state index is 11.1. The molecule has 0 fully saturated rings.